The zero-order chi connectivity index (χ0) is 18.5. The van der Waals surface area contributed by atoms with E-state index in [1.165, 1.54) is 0 Å². The molecule has 0 unspecified atom stereocenters. The molecule has 2 aromatic rings. The van der Waals surface area contributed by atoms with Crippen LogP contribution >= 0.6 is 35.6 Å². The van der Waals surface area contributed by atoms with Gasteiger partial charge >= 0.3 is 0 Å². The second-order valence-electron chi connectivity index (χ2n) is 5.78. The van der Waals surface area contributed by atoms with Crippen molar-refractivity contribution < 1.29 is 9.53 Å². The normalized spacial score (nSPS) is 13.9. The molecular weight excluding hydrogens is 411 g/mol. The van der Waals surface area contributed by atoms with Gasteiger partial charge in [-0.3, -0.25) is 15.1 Å². The van der Waals surface area contributed by atoms with Crippen molar-refractivity contribution >= 4 is 47.5 Å². The molecule has 3 N–H and O–H groups in total. The lowest BCUT2D eigenvalue weighted by Crippen LogP contribution is -2.38. The molecule has 2 aromatic carbocycles. The molecule has 3 rings (SSSR count). The fraction of sp³-hybridized carbons (Fsp3) is 0.222. The number of carbonyl (C=O) groups excluding carboxylic acids is 1. The van der Waals surface area contributed by atoms with Gasteiger partial charge in [0.05, 0.1) is 5.02 Å². The van der Waals surface area contributed by atoms with Crippen LogP contribution in [-0.2, 0) is 0 Å². The summed E-state index contributed by atoms with van der Waals surface area (Å²) < 4.78 is 5.69. The van der Waals surface area contributed by atoms with Crippen LogP contribution in [0.5, 0.6) is 11.5 Å². The van der Waals surface area contributed by atoms with Crippen molar-refractivity contribution in [1.82, 2.24) is 10.3 Å². The van der Waals surface area contributed by atoms with Crippen molar-refractivity contribution in [2.24, 2.45) is 10.8 Å². The maximum absolute atomic E-state index is 12.2. The zero-order valence-corrected chi connectivity index (χ0v) is 16.7. The fourth-order valence-corrected chi connectivity index (χ4v) is 2.86. The molecule has 1 aliphatic heterocycles. The van der Waals surface area contributed by atoms with Gasteiger partial charge in [-0.2, -0.15) is 0 Å². The molecule has 0 aliphatic carbocycles. The largest absolute Gasteiger partial charge is 0.456 e. The summed E-state index contributed by atoms with van der Waals surface area (Å²) in [6, 6.07) is 11.7. The number of carbonyl (C=O) groups is 1. The predicted molar refractivity (Wildman–Crippen MR) is 110 cm³/mol. The van der Waals surface area contributed by atoms with Crippen LogP contribution in [0.1, 0.15) is 23.2 Å². The molecule has 0 aromatic heterocycles. The van der Waals surface area contributed by atoms with Crippen LogP contribution in [0.15, 0.2) is 47.6 Å². The Morgan fingerprint density at radius 1 is 1.11 bits per heavy atom. The first kappa shape index (κ1) is 21.2. The third-order valence-electron chi connectivity index (χ3n) is 3.83. The van der Waals surface area contributed by atoms with Crippen LogP contribution in [0.2, 0.25) is 10.0 Å². The molecule has 0 saturated carbocycles. The third-order valence-corrected chi connectivity index (χ3v) is 4.64. The molecule has 6 nitrogen and oxygen atoms in total. The highest BCUT2D eigenvalue weighted by Crippen LogP contribution is 2.34. The van der Waals surface area contributed by atoms with E-state index in [9.17, 15) is 4.79 Å². The third kappa shape index (κ3) is 5.66. The Balaban J connectivity index is 0.00000261. The lowest BCUT2D eigenvalue weighted by Gasteiger charge is -2.12. The minimum Gasteiger partial charge on any atom is -0.456 e. The average Bonchev–Trinajstić information content (AvgIpc) is 3.12. The van der Waals surface area contributed by atoms with Gasteiger partial charge in [-0.25, -0.2) is 0 Å². The predicted octanol–water partition coefficient (Wildman–Crippen LogP) is 4.26. The molecule has 0 radical (unpaired) electrons. The number of nitrogens with zero attached hydrogens (tertiary/aromatic N) is 2. The van der Waals surface area contributed by atoms with Crippen LogP contribution < -0.4 is 15.8 Å². The van der Waals surface area contributed by atoms with Crippen LogP contribution in [0, 0.1) is 0 Å². The molecule has 0 bridgehead atoms. The summed E-state index contributed by atoms with van der Waals surface area (Å²) >= 11 is 12.1. The lowest BCUT2D eigenvalue weighted by molar-refractivity contribution is 0.0976. The highest BCUT2D eigenvalue weighted by Gasteiger charge is 2.12. The molecule has 1 fully saturated rings. The number of rotatable bonds is 4. The molecule has 0 atom stereocenters. The van der Waals surface area contributed by atoms with E-state index in [2.05, 4.69) is 10.4 Å². The number of hydrogen-bond donors (Lipinski definition) is 2. The van der Waals surface area contributed by atoms with Gasteiger partial charge in [0, 0.05) is 18.7 Å². The van der Waals surface area contributed by atoms with Crippen molar-refractivity contribution in [1.29, 1.82) is 0 Å². The molecule has 1 amide bonds. The topological polar surface area (TPSA) is 80.0 Å². The fourth-order valence-electron chi connectivity index (χ4n) is 2.53. The van der Waals surface area contributed by atoms with E-state index in [1.807, 2.05) is 5.01 Å². The molecule has 0 spiro atoms. The number of halogens is 3. The number of benzene rings is 2. The number of amides is 1. The van der Waals surface area contributed by atoms with Crippen LogP contribution in [0.3, 0.4) is 0 Å². The number of nitrogens with one attached hydrogen (secondary N) is 1. The van der Waals surface area contributed by atoms with Crippen molar-refractivity contribution in [3.63, 3.8) is 0 Å². The SMILES string of the molecule is Cl.N/C(=N\N1CCCC1)NC(=O)c1ccc(Oc2cccc(Cl)c2Cl)cc1. The van der Waals surface area contributed by atoms with Crippen molar-refractivity contribution in [3.8, 4) is 11.5 Å². The van der Waals surface area contributed by atoms with E-state index >= 15 is 0 Å². The minimum atomic E-state index is -0.335. The van der Waals surface area contributed by atoms with Crippen LogP contribution in [0.25, 0.3) is 0 Å². The van der Waals surface area contributed by atoms with E-state index < -0.39 is 0 Å². The lowest BCUT2D eigenvalue weighted by atomic mass is 10.2. The Bertz CT molecular complexity index is 822. The van der Waals surface area contributed by atoms with Crippen molar-refractivity contribution in [3.05, 3.63) is 58.1 Å². The van der Waals surface area contributed by atoms with Gasteiger partial charge in [0.25, 0.3) is 5.91 Å². The van der Waals surface area contributed by atoms with Crippen LogP contribution in [-0.4, -0.2) is 30.0 Å². The molecule has 1 heterocycles. The molecule has 9 heteroatoms. The number of hydrazone groups is 1. The average molecular weight is 430 g/mol. The highest BCUT2D eigenvalue weighted by molar-refractivity contribution is 6.42. The van der Waals surface area contributed by atoms with Crippen molar-refractivity contribution in [2.75, 3.05) is 13.1 Å². The smallest absolute Gasteiger partial charge is 0.257 e. The maximum Gasteiger partial charge on any atom is 0.257 e. The van der Waals surface area contributed by atoms with Gasteiger partial charge in [-0.1, -0.05) is 29.3 Å². The quantitative estimate of drug-likeness (QED) is 0.562. The Hall–Kier alpha value is -2.15. The van der Waals surface area contributed by atoms with Gasteiger partial charge in [0.2, 0.25) is 5.96 Å². The summed E-state index contributed by atoms with van der Waals surface area (Å²) in [6.45, 7) is 1.71. The monoisotopic (exact) mass is 428 g/mol. The number of nitrogens with two attached hydrogens (primary N) is 1. The van der Waals surface area contributed by atoms with Gasteiger partial charge < -0.3 is 10.5 Å². The summed E-state index contributed by atoms with van der Waals surface area (Å²) in [6.07, 6.45) is 2.17. The second-order valence-corrected chi connectivity index (χ2v) is 6.56. The summed E-state index contributed by atoms with van der Waals surface area (Å²) in [7, 11) is 0. The summed E-state index contributed by atoms with van der Waals surface area (Å²) in [4.78, 5) is 12.2. The summed E-state index contributed by atoms with van der Waals surface area (Å²) in [5.74, 6) is 0.725. The second kappa shape index (κ2) is 9.69. The van der Waals surface area contributed by atoms with E-state index in [0.29, 0.717) is 27.1 Å². The minimum absolute atomic E-state index is 0. The van der Waals surface area contributed by atoms with Gasteiger partial charge in [-0.05, 0) is 49.2 Å². The Morgan fingerprint density at radius 3 is 2.44 bits per heavy atom. The standard InChI is InChI=1S/C18H18Cl2N4O2.ClH/c19-14-4-3-5-15(16(14)20)26-13-8-6-12(7-9-13)17(25)22-18(21)23-24-10-1-2-11-24;/h3-9H,1-2,10-11H2,(H3,21,22,23,25);1H. The molecule has 144 valence electrons. The first-order valence-corrected chi connectivity index (χ1v) is 8.91. The number of hydrogen-bond acceptors (Lipinski definition) is 4. The molecule has 1 saturated heterocycles. The Morgan fingerprint density at radius 2 is 1.78 bits per heavy atom. The molecule has 27 heavy (non-hydrogen) atoms. The van der Waals surface area contributed by atoms with Gasteiger partial charge in [0.1, 0.15) is 16.5 Å². The summed E-state index contributed by atoms with van der Waals surface area (Å²) in [5, 5.41) is 9.35. The number of guanidine groups is 1. The van der Waals surface area contributed by atoms with E-state index in [1.54, 1.807) is 42.5 Å². The maximum atomic E-state index is 12.2. The Kier molecular flexibility index (Phi) is 7.59. The van der Waals surface area contributed by atoms with E-state index in [4.69, 9.17) is 33.7 Å². The van der Waals surface area contributed by atoms with Crippen LogP contribution in [0.4, 0.5) is 0 Å². The molecule has 1 aliphatic rings. The zero-order valence-electron chi connectivity index (χ0n) is 14.3. The number of ether oxygens (including phenoxy) is 1. The van der Waals surface area contributed by atoms with Gasteiger partial charge in [-0.15, -0.1) is 17.5 Å². The van der Waals surface area contributed by atoms with E-state index in [0.717, 1.165) is 25.9 Å². The first-order valence-electron chi connectivity index (χ1n) is 8.15. The van der Waals surface area contributed by atoms with E-state index in [-0.39, 0.29) is 24.3 Å². The van der Waals surface area contributed by atoms with Crippen molar-refractivity contribution in [2.45, 2.75) is 12.8 Å². The molecular formula is C18H19Cl3N4O2. The first-order chi connectivity index (χ1) is 12.5. The Labute approximate surface area is 173 Å². The van der Waals surface area contributed by atoms with Gasteiger partial charge in [0.15, 0.2) is 0 Å². The highest BCUT2D eigenvalue weighted by atomic mass is 35.5. The summed E-state index contributed by atoms with van der Waals surface area (Å²) in [5.41, 5.74) is 6.22.